The quantitative estimate of drug-likeness (QED) is 0.914. The lowest BCUT2D eigenvalue weighted by atomic mass is 10.0. The molecule has 0 bridgehead atoms. The molecule has 18 heavy (non-hydrogen) atoms. The summed E-state index contributed by atoms with van der Waals surface area (Å²) in [6.07, 6.45) is 3.00. The Morgan fingerprint density at radius 3 is 2.83 bits per heavy atom. The first-order valence-corrected chi connectivity index (χ1v) is 7.52. The van der Waals surface area contributed by atoms with E-state index in [-0.39, 0.29) is 11.9 Å². The van der Waals surface area contributed by atoms with Crippen molar-refractivity contribution in [3.63, 3.8) is 0 Å². The molecule has 0 spiro atoms. The molecule has 2 rings (SSSR count). The van der Waals surface area contributed by atoms with Gasteiger partial charge in [0, 0.05) is 16.9 Å². The van der Waals surface area contributed by atoms with Crippen molar-refractivity contribution in [2.75, 3.05) is 11.1 Å². The van der Waals surface area contributed by atoms with Crippen LogP contribution < -0.4 is 5.32 Å². The molecule has 1 amide bonds. The molecule has 0 aromatic carbocycles. The predicted molar refractivity (Wildman–Crippen MR) is 75.9 cm³/mol. The van der Waals surface area contributed by atoms with Gasteiger partial charge in [-0.25, -0.2) is 4.68 Å². The first-order chi connectivity index (χ1) is 8.49. The summed E-state index contributed by atoms with van der Waals surface area (Å²) < 4.78 is 1.91. The molecule has 1 aromatic heterocycles. The van der Waals surface area contributed by atoms with E-state index < -0.39 is 0 Å². The molecule has 0 unspecified atom stereocenters. The maximum absolute atomic E-state index is 11.8. The number of carbonyl (C=O) groups is 1. The van der Waals surface area contributed by atoms with Crippen molar-refractivity contribution in [1.82, 2.24) is 9.78 Å². The first-order valence-electron chi connectivity index (χ1n) is 6.48. The highest BCUT2D eigenvalue weighted by molar-refractivity contribution is 8.00. The van der Waals surface area contributed by atoms with Crippen LogP contribution in [-0.2, 0) is 4.79 Å². The monoisotopic (exact) mass is 267 g/mol. The highest BCUT2D eigenvalue weighted by atomic mass is 32.2. The van der Waals surface area contributed by atoms with E-state index in [4.69, 9.17) is 0 Å². The number of aromatic nitrogens is 2. The molecular weight excluding hydrogens is 246 g/mol. The minimum atomic E-state index is 0.0786. The Morgan fingerprint density at radius 2 is 2.22 bits per heavy atom. The third-order valence-electron chi connectivity index (χ3n) is 3.02. The Hall–Kier alpha value is -0.970. The zero-order chi connectivity index (χ0) is 13.3. The van der Waals surface area contributed by atoms with E-state index >= 15 is 0 Å². The van der Waals surface area contributed by atoms with Crippen LogP contribution in [0.5, 0.6) is 0 Å². The minimum absolute atomic E-state index is 0.0786. The van der Waals surface area contributed by atoms with E-state index in [0.29, 0.717) is 16.9 Å². The van der Waals surface area contributed by atoms with Crippen molar-refractivity contribution in [2.24, 2.45) is 5.92 Å². The summed E-state index contributed by atoms with van der Waals surface area (Å²) in [5.41, 5.74) is 1.17. The van der Waals surface area contributed by atoms with E-state index in [2.05, 4.69) is 38.1 Å². The largest absolute Gasteiger partial charge is 0.310 e. The van der Waals surface area contributed by atoms with Crippen LogP contribution in [0.15, 0.2) is 6.20 Å². The topological polar surface area (TPSA) is 46.9 Å². The molecule has 0 radical (unpaired) electrons. The minimum Gasteiger partial charge on any atom is -0.310 e. The van der Waals surface area contributed by atoms with Crippen molar-refractivity contribution in [1.29, 1.82) is 0 Å². The van der Waals surface area contributed by atoms with Crippen LogP contribution in [0.25, 0.3) is 0 Å². The van der Waals surface area contributed by atoms with Gasteiger partial charge in [0.1, 0.15) is 5.82 Å². The third kappa shape index (κ3) is 2.71. The average Bonchev–Trinajstić information content (AvgIpc) is 2.61. The number of nitrogens with one attached hydrogen (secondary N) is 1. The van der Waals surface area contributed by atoms with Crippen LogP contribution in [0.2, 0.25) is 0 Å². The molecule has 1 aromatic rings. The fourth-order valence-electron chi connectivity index (χ4n) is 2.19. The van der Waals surface area contributed by atoms with Crippen LogP contribution >= 0.6 is 11.8 Å². The molecule has 0 aliphatic carbocycles. The number of hydrogen-bond acceptors (Lipinski definition) is 3. The molecule has 100 valence electrons. The van der Waals surface area contributed by atoms with Crippen LogP contribution in [0, 0.1) is 5.92 Å². The van der Waals surface area contributed by atoms with Crippen molar-refractivity contribution in [2.45, 2.75) is 45.4 Å². The Kier molecular flexibility index (Phi) is 4.00. The molecule has 0 saturated heterocycles. The average molecular weight is 267 g/mol. The van der Waals surface area contributed by atoms with E-state index in [1.54, 1.807) is 11.8 Å². The third-order valence-corrected chi connectivity index (χ3v) is 4.30. The van der Waals surface area contributed by atoms with Gasteiger partial charge in [-0.3, -0.25) is 4.79 Å². The molecule has 1 atom stereocenters. The van der Waals surface area contributed by atoms with E-state index in [9.17, 15) is 4.79 Å². The summed E-state index contributed by atoms with van der Waals surface area (Å²) in [6, 6.07) is 0.261. The highest BCUT2D eigenvalue weighted by Crippen LogP contribution is 2.41. The van der Waals surface area contributed by atoms with Gasteiger partial charge in [-0.1, -0.05) is 13.8 Å². The maximum Gasteiger partial charge on any atom is 0.235 e. The zero-order valence-electron chi connectivity index (χ0n) is 11.4. The summed E-state index contributed by atoms with van der Waals surface area (Å²) >= 11 is 1.72. The second kappa shape index (κ2) is 5.34. The van der Waals surface area contributed by atoms with Gasteiger partial charge in [-0.15, -0.1) is 11.8 Å². The second-order valence-corrected chi connectivity index (χ2v) is 6.66. The number of hydrogen-bond donors (Lipinski definition) is 1. The van der Waals surface area contributed by atoms with Gasteiger partial charge in [0.05, 0.1) is 11.9 Å². The predicted octanol–water partition coefficient (Wildman–Crippen LogP) is 3.24. The van der Waals surface area contributed by atoms with Crippen LogP contribution in [0.4, 0.5) is 5.82 Å². The number of thioether (sulfide) groups is 1. The van der Waals surface area contributed by atoms with Gasteiger partial charge in [-0.2, -0.15) is 5.10 Å². The summed E-state index contributed by atoms with van der Waals surface area (Å²) in [7, 11) is 0. The number of anilines is 1. The maximum atomic E-state index is 11.8. The van der Waals surface area contributed by atoms with E-state index in [1.807, 2.05) is 10.9 Å². The SMILES string of the molecule is CC(C)C[C@H]1SCC(=O)Nc2c1cnn2C(C)C. The lowest BCUT2D eigenvalue weighted by Crippen LogP contribution is -2.17. The van der Waals surface area contributed by atoms with Crippen molar-refractivity contribution in [3.05, 3.63) is 11.8 Å². The highest BCUT2D eigenvalue weighted by Gasteiger charge is 2.27. The van der Waals surface area contributed by atoms with E-state index in [1.165, 1.54) is 5.56 Å². The molecule has 1 N–H and O–H groups in total. The number of carbonyl (C=O) groups excluding carboxylic acids is 1. The smallest absolute Gasteiger partial charge is 0.235 e. The van der Waals surface area contributed by atoms with Gasteiger partial charge in [0.15, 0.2) is 0 Å². The van der Waals surface area contributed by atoms with Gasteiger partial charge in [0.25, 0.3) is 0 Å². The summed E-state index contributed by atoms with van der Waals surface area (Å²) in [4.78, 5) is 11.8. The molecule has 0 fully saturated rings. The molecule has 1 aliphatic heterocycles. The van der Waals surface area contributed by atoms with Crippen LogP contribution in [-0.4, -0.2) is 21.4 Å². The Morgan fingerprint density at radius 1 is 1.50 bits per heavy atom. The van der Waals surface area contributed by atoms with Crippen molar-refractivity contribution >= 4 is 23.5 Å². The fourth-order valence-corrected chi connectivity index (χ4v) is 3.49. The molecule has 0 saturated carbocycles. The number of rotatable bonds is 3. The van der Waals surface area contributed by atoms with Gasteiger partial charge < -0.3 is 5.32 Å². The van der Waals surface area contributed by atoms with Crippen molar-refractivity contribution in [3.8, 4) is 0 Å². The molecular formula is C13H21N3OS. The van der Waals surface area contributed by atoms with Gasteiger partial charge >= 0.3 is 0 Å². The van der Waals surface area contributed by atoms with Crippen LogP contribution in [0.1, 0.15) is 51.0 Å². The van der Waals surface area contributed by atoms with Gasteiger partial charge in [0.2, 0.25) is 5.91 Å². The fraction of sp³-hybridized carbons (Fsp3) is 0.692. The standard InChI is InChI=1S/C13H21N3OS/c1-8(2)5-11-10-6-14-16(9(3)4)13(10)15-12(17)7-18-11/h6,8-9,11H,5,7H2,1-4H3,(H,15,17)/t11-/m1/s1. The van der Waals surface area contributed by atoms with Crippen molar-refractivity contribution < 1.29 is 4.79 Å². The Labute approximate surface area is 113 Å². The number of amides is 1. The molecule has 1 aliphatic rings. The van der Waals surface area contributed by atoms with E-state index in [0.717, 1.165) is 12.2 Å². The summed E-state index contributed by atoms with van der Waals surface area (Å²) in [5.74, 6) is 2.12. The van der Waals surface area contributed by atoms with Gasteiger partial charge in [-0.05, 0) is 26.2 Å². The Balaban J connectivity index is 2.37. The molecule has 5 heteroatoms. The summed E-state index contributed by atoms with van der Waals surface area (Å²) in [6.45, 7) is 8.59. The lowest BCUT2D eigenvalue weighted by Gasteiger charge is -2.16. The zero-order valence-corrected chi connectivity index (χ0v) is 12.3. The molecule has 2 heterocycles. The normalized spacial score (nSPS) is 19.9. The first kappa shape index (κ1) is 13.5. The number of fused-ring (bicyclic) bond motifs is 1. The summed E-state index contributed by atoms with van der Waals surface area (Å²) in [5, 5.41) is 7.78. The Bertz CT molecular complexity index is 439. The number of nitrogens with zero attached hydrogens (tertiary/aromatic N) is 2. The van der Waals surface area contributed by atoms with Crippen LogP contribution in [0.3, 0.4) is 0 Å². The lowest BCUT2D eigenvalue weighted by molar-refractivity contribution is -0.113. The molecule has 4 nitrogen and oxygen atoms in total. The second-order valence-electron chi connectivity index (χ2n) is 5.46.